The lowest BCUT2D eigenvalue weighted by Gasteiger charge is -2.11. The first-order valence-electron chi connectivity index (χ1n) is 7.51. The summed E-state index contributed by atoms with van der Waals surface area (Å²) >= 11 is 1.22. The highest BCUT2D eigenvalue weighted by Crippen LogP contribution is 2.31. The van der Waals surface area contributed by atoms with E-state index in [2.05, 4.69) is 10.2 Å². The van der Waals surface area contributed by atoms with E-state index in [-0.39, 0.29) is 17.0 Å². The second-order valence-electron chi connectivity index (χ2n) is 5.43. The molecule has 0 aliphatic heterocycles. The number of nitrogens with zero attached hydrogens (tertiary/aromatic N) is 4. The van der Waals surface area contributed by atoms with Gasteiger partial charge >= 0.3 is 0 Å². The monoisotopic (exact) mass is 358 g/mol. The van der Waals surface area contributed by atoms with Gasteiger partial charge in [-0.25, -0.2) is 4.39 Å². The van der Waals surface area contributed by atoms with Crippen molar-refractivity contribution in [1.82, 2.24) is 14.8 Å². The number of hydrogen-bond acceptors (Lipinski definition) is 5. The number of thioether (sulfide) groups is 1. The van der Waals surface area contributed by atoms with Crippen LogP contribution in [0, 0.1) is 29.8 Å². The Labute approximate surface area is 147 Å². The first-order valence-corrected chi connectivity index (χ1v) is 8.50. The van der Waals surface area contributed by atoms with Gasteiger partial charge in [0.25, 0.3) is 5.69 Å². The largest absolute Gasteiger partial charge is 0.276 e. The van der Waals surface area contributed by atoms with E-state index in [4.69, 9.17) is 0 Å². The summed E-state index contributed by atoms with van der Waals surface area (Å²) in [6.45, 7) is 3.81. The van der Waals surface area contributed by atoms with E-state index in [0.717, 1.165) is 11.3 Å². The Bertz CT molecular complexity index is 942. The third kappa shape index (κ3) is 3.39. The average molecular weight is 358 g/mol. The molecule has 2 aromatic carbocycles. The Balaban J connectivity index is 1.95. The second-order valence-corrected chi connectivity index (χ2v) is 6.38. The smallest absolute Gasteiger partial charge is 0.274 e. The number of aryl methyl sites for hydroxylation is 2. The van der Waals surface area contributed by atoms with Crippen molar-refractivity contribution in [2.24, 2.45) is 0 Å². The molecule has 0 saturated heterocycles. The number of halogens is 1. The molecule has 8 heteroatoms. The maximum absolute atomic E-state index is 14.0. The van der Waals surface area contributed by atoms with Crippen molar-refractivity contribution < 1.29 is 9.31 Å². The van der Waals surface area contributed by atoms with Gasteiger partial charge in [-0.3, -0.25) is 14.7 Å². The summed E-state index contributed by atoms with van der Waals surface area (Å²) < 4.78 is 15.9. The molecular weight excluding hydrogens is 343 g/mol. The van der Waals surface area contributed by atoms with E-state index in [9.17, 15) is 14.5 Å². The molecule has 0 fully saturated rings. The first-order chi connectivity index (χ1) is 12.0. The second kappa shape index (κ2) is 7.02. The molecule has 0 aliphatic rings. The van der Waals surface area contributed by atoms with E-state index in [1.165, 1.54) is 30.0 Å². The van der Waals surface area contributed by atoms with Gasteiger partial charge in [0.2, 0.25) is 0 Å². The van der Waals surface area contributed by atoms with Crippen LogP contribution in [-0.4, -0.2) is 19.7 Å². The van der Waals surface area contributed by atoms with Gasteiger partial charge in [-0.1, -0.05) is 36.0 Å². The Morgan fingerprint density at radius 2 is 1.92 bits per heavy atom. The van der Waals surface area contributed by atoms with Crippen LogP contribution in [0.4, 0.5) is 10.1 Å². The number of nitro groups is 1. The molecule has 0 N–H and O–H groups in total. The van der Waals surface area contributed by atoms with Gasteiger partial charge in [0.15, 0.2) is 5.16 Å². The fourth-order valence-corrected chi connectivity index (χ4v) is 3.54. The summed E-state index contributed by atoms with van der Waals surface area (Å²) in [6.07, 6.45) is 0. The van der Waals surface area contributed by atoms with Crippen molar-refractivity contribution in [3.63, 3.8) is 0 Å². The molecule has 128 valence electrons. The van der Waals surface area contributed by atoms with Crippen LogP contribution in [0.2, 0.25) is 0 Å². The Kier molecular flexibility index (Phi) is 4.80. The van der Waals surface area contributed by atoms with Gasteiger partial charge in [0.05, 0.1) is 16.2 Å². The van der Waals surface area contributed by atoms with Gasteiger partial charge < -0.3 is 0 Å². The number of benzene rings is 2. The topological polar surface area (TPSA) is 73.8 Å². The van der Waals surface area contributed by atoms with E-state index < -0.39 is 10.7 Å². The van der Waals surface area contributed by atoms with Crippen LogP contribution in [0.5, 0.6) is 0 Å². The normalized spacial score (nSPS) is 10.8. The number of aromatic nitrogens is 3. The molecule has 0 radical (unpaired) electrons. The lowest BCUT2D eigenvalue weighted by atomic mass is 10.2. The van der Waals surface area contributed by atoms with Gasteiger partial charge in [-0.15, -0.1) is 10.2 Å². The molecule has 25 heavy (non-hydrogen) atoms. The van der Waals surface area contributed by atoms with Gasteiger partial charge in [-0.05, 0) is 31.5 Å². The number of para-hydroxylation sites is 1. The number of rotatable bonds is 5. The fourth-order valence-electron chi connectivity index (χ4n) is 2.53. The standard InChI is InChI=1S/C17H15FN4O2S/c1-11-6-3-4-8-15(11)21-12(2)19-20-17(21)25-10-13-14(18)7-5-9-16(13)22(23)24/h3-9H,10H2,1-2H3. The van der Waals surface area contributed by atoms with Crippen LogP contribution in [0.3, 0.4) is 0 Å². The number of nitro benzene ring substituents is 1. The maximum atomic E-state index is 14.0. The molecule has 3 rings (SSSR count). The summed E-state index contributed by atoms with van der Waals surface area (Å²) in [6, 6.07) is 11.6. The zero-order valence-corrected chi connectivity index (χ0v) is 14.5. The van der Waals surface area contributed by atoms with E-state index in [1.807, 2.05) is 42.7 Å². The zero-order chi connectivity index (χ0) is 18.0. The fraction of sp³-hybridized carbons (Fsp3) is 0.176. The minimum Gasteiger partial charge on any atom is -0.274 e. The highest BCUT2D eigenvalue weighted by atomic mass is 32.2. The van der Waals surface area contributed by atoms with Crippen molar-refractivity contribution in [2.45, 2.75) is 24.8 Å². The van der Waals surface area contributed by atoms with Gasteiger partial charge in [0.1, 0.15) is 11.6 Å². The Morgan fingerprint density at radius 3 is 2.64 bits per heavy atom. The lowest BCUT2D eigenvalue weighted by Crippen LogP contribution is -2.02. The van der Waals surface area contributed by atoms with E-state index >= 15 is 0 Å². The first kappa shape index (κ1) is 17.1. The molecular formula is C17H15FN4O2S. The summed E-state index contributed by atoms with van der Waals surface area (Å²) in [4.78, 5) is 10.5. The van der Waals surface area contributed by atoms with Crippen molar-refractivity contribution in [2.75, 3.05) is 0 Å². The summed E-state index contributed by atoms with van der Waals surface area (Å²) in [5.41, 5.74) is 1.79. The molecule has 0 amide bonds. The van der Waals surface area contributed by atoms with Gasteiger partial charge in [0, 0.05) is 11.8 Å². The van der Waals surface area contributed by atoms with Crippen LogP contribution in [-0.2, 0) is 5.75 Å². The highest BCUT2D eigenvalue weighted by Gasteiger charge is 2.20. The quantitative estimate of drug-likeness (QED) is 0.388. The Hall–Kier alpha value is -2.74. The SMILES string of the molecule is Cc1ccccc1-n1c(C)nnc1SCc1c(F)cccc1[N+](=O)[O-]. The maximum Gasteiger partial charge on any atom is 0.276 e. The van der Waals surface area contributed by atoms with Crippen molar-refractivity contribution in [1.29, 1.82) is 0 Å². The molecule has 0 aliphatic carbocycles. The summed E-state index contributed by atoms with van der Waals surface area (Å²) in [5, 5.41) is 19.9. The molecule has 1 heterocycles. The van der Waals surface area contributed by atoms with Crippen molar-refractivity contribution in [3.8, 4) is 5.69 Å². The third-order valence-electron chi connectivity index (χ3n) is 3.79. The minimum absolute atomic E-state index is 0.0505. The minimum atomic E-state index is -0.597. The van der Waals surface area contributed by atoms with Gasteiger partial charge in [-0.2, -0.15) is 0 Å². The number of hydrogen-bond donors (Lipinski definition) is 0. The summed E-state index contributed by atoms with van der Waals surface area (Å²) in [7, 11) is 0. The molecule has 0 atom stereocenters. The molecule has 0 spiro atoms. The molecule has 0 unspecified atom stereocenters. The predicted molar refractivity (Wildman–Crippen MR) is 93.4 cm³/mol. The molecule has 0 bridgehead atoms. The van der Waals surface area contributed by atoms with E-state index in [0.29, 0.717) is 11.0 Å². The Morgan fingerprint density at radius 1 is 1.16 bits per heavy atom. The van der Waals surface area contributed by atoms with Crippen LogP contribution < -0.4 is 0 Å². The lowest BCUT2D eigenvalue weighted by molar-refractivity contribution is -0.385. The highest BCUT2D eigenvalue weighted by molar-refractivity contribution is 7.98. The molecule has 0 saturated carbocycles. The predicted octanol–water partition coefficient (Wildman–Crippen LogP) is 4.22. The van der Waals surface area contributed by atoms with Crippen LogP contribution >= 0.6 is 11.8 Å². The third-order valence-corrected chi connectivity index (χ3v) is 4.74. The summed E-state index contributed by atoms with van der Waals surface area (Å²) in [5.74, 6) is 0.188. The zero-order valence-electron chi connectivity index (χ0n) is 13.6. The average Bonchev–Trinajstić information content (AvgIpc) is 2.94. The van der Waals surface area contributed by atoms with Crippen LogP contribution in [0.1, 0.15) is 17.0 Å². The molecule has 1 aromatic heterocycles. The molecule has 6 nitrogen and oxygen atoms in total. The van der Waals surface area contributed by atoms with Crippen LogP contribution in [0.25, 0.3) is 5.69 Å². The van der Waals surface area contributed by atoms with E-state index in [1.54, 1.807) is 0 Å². The molecule has 3 aromatic rings. The van der Waals surface area contributed by atoms with Crippen molar-refractivity contribution >= 4 is 17.4 Å². The van der Waals surface area contributed by atoms with Crippen LogP contribution in [0.15, 0.2) is 47.6 Å². The van der Waals surface area contributed by atoms with Crippen molar-refractivity contribution in [3.05, 3.63) is 75.3 Å².